The molecule has 0 radical (unpaired) electrons. The smallest absolute Gasteiger partial charge is 0.728 e. The van der Waals surface area contributed by atoms with Gasteiger partial charge in [-0.15, -0.1) is 5.11 Å². The average Bonchev–Trinajstić information content (AvgIpc) is 2.25. The van der Waals surface area contributed by atoms with Crippen molar-refractivity contribution in [1.82, 2.24) is 0 Å². The molecular weight excluding hydrogens is 295 g/mol. The van der Waals surface area contributed by atoms with Gasteiger partial charge in [0.1, 0.15) is 5.58 Å². The normalized spacial score (nSPS) is 11.8. The van der Waals surface area contributed by atoms with E-state index < -0.39 is 15.9 Å². The summed E-state index contributed by atoms with van der Waals surface area (Å²) in [6, 6.07) is 4.36. The van der Waals surface area contributed by atoms with Crippen LogP contribution in [0.2, 0.25) is 0 Å². The zero-order valence-corrected chi connectivity index (χ0v) is 13.9. The van der Waals surface area contributed by atoms with Gasteiger partial charge in [-0.3, -0.25) is 0 Å². The summed E-state index contributed by atoms with van der Waals surface area (Å²) in [5.74, 6) is 0. The number of benzene rings is 1. The summed E-state index contributed by atoms with van der Waals surface area (Å²) in [5.41, 5.74) is 1.32. The molecule has 0 aliphatic carbocycles. The maximum atomic E-state index is 11.2. The Hall–Kier alpha value is -1.06. The fourth-order valence-corrected chi connectivity index (χ4v) is 1.84. The minimum atomic E-state index is -4.77. The van der Waals surface area contributed by atoms with E-state index >= 15 is 0 Å². The van der Waals surface area contributed by atoms with Crippen molar-refractivity contribution in [2.75, 3.05) is 0 Å². The second-order valence-corrected chi connectivity index (χ2v) is 5.01. The third-order valence-electron chi connectivity index (χ3n) is 2.52. The van der Waals surface area contributed by atoms with Crippen LogP contribution in [0.25, 0.3) is 11.0 Å². The Morgan fingerprint density at radius 1 is 1.15 bits per heavy atom. The van der Waals surface area contributed by atoms with Crippen molar-refractivity contribution in [2.45, 2.75) is 13.8 Å². The molecular formula is C11H9N2NaO5S. The van der Waals surface area contributed by atoms with Crippen LogP contribution in [-0.4, -0.2) is 13.0 Å². The molecule has 0 saturated carbocycles. The monoisotopic (exact) mass is 304 g/mol. The largest absolute Gasteiger partial charge is 1.00 e. The predicted molar refractivity (Wildman–Crippen MR) is 66.2 cm³/mol. The minimum Gasteiger partial charge on any atom is -0.728 e. The van der Waals surface area contributed by atoms with E-state index in [1.54, 1.807) is 13.8 Å². The number of fused-ring (bicyclic) bond motifs is 1. The van der Waals surface area contributed by atoms with Crippen LogP contribution in [0.15, 0.2) is 37.0 Å². The Morgan fingerprint density at radius 2 is 1.80 bits per heavy atom. The molecule has 0 spiro atoms. The molecule has 2 aromatic rings. The quantitative estimate of drug-likeness (QED) is 0.304. The van der Waals surface area contributed by atoms with Crippen LogP contribution in [0, 0.1) is 13.8 Å². The summed E-state index contributed by atoms with van der Waals surface area (Å²) in [5, 5.41) is 3.99. The Labute approximate surface area is 136 Å². The Balaban J connectivity index is 0.00000200. The summed E-state index contributed by atoms with van der Waals surface area (Å²) in [6.45, 7) is 3.34. The first kappa shape index (κ1) is 17.0. The van der Waals surface area contributed by atoms with E-state index in [4.69, 9.17) is 4.42 Å². The van der Waals surface area contributed by atoms with Gasteiger partial charge in [0.25, 0.3) is 0 Å². The molecule has 0 saturated heterocycles. The van der Waals surface area contributed by atoms with Crippen LogP contribution in [0.1, 0.15) is 11.1 Å². The van der Waals surface area contributed by atoms with E-state index in [9.17, 15) is 17.8 Å². The molecule has 0 aliphatic heterocycles. The number of aryl methyl sites for hydroxylation is 2. The van der Waals surface area contributed by atoms with Gasteiger partial charge in [0.05, 0.1) is 5.69 Å². The van der Waals surface area contributed by atoms with Crippen LogP contribution in [0.3, 0.4) is 0 Å². The minimum absolute atomic E-state index is 0. The van der Waals surface area contributed by atoms with Gasteiger partial charge in [-0.25, -0.2) is 13.2 Å². The molecule has 0 unspecified atom stereocenters. The number of nitrogens with zero attached hydrogens (tertiary/aromatic N) is 2. The average molecular weight is 304 g/mol. The molecule has 2 rings (SSSR count). The molecule has 0 aliphatic rings. The van der Waals surface area contributed by atoms with Gasteiger partial charge in [0.15, 0.2) is 0 Å². The topological polar surface area (TPSA) is 112 Å². The van der Waals surface area contributed by atoms with E-state index in [-0.39, 0.29) is 35.2 Å². The first-order chi connectivity index (χ1) is 8.76. The molecule has 1 aromatic heterocycles. The molecule has 100 valence electrons. The van der Waals surface area contributed by atoms with Gasteiger partial charge in [-0.1, -0.05) is 4.52 Å². The van der Waals surface area contributed by atoms with E-state index in [1.807, 2.05) is 0 Å². The Bertz CT molecular complexity index is 842. The predicted octanol–water partition coefficient (Wildman–Crippen LogP) is -1.04. The van der Waals surface area contributed by atoms with E-state index in [2.05, 4.69) is 9.63 Å². The third kappa shape index (κ3) is 3.97. The van der Waals surface area contributed by atoms with Crippen molar-refractivity contribution in [1.29, 1.82) is 0 Å². The second-order valence-electron chi connectivity index (χ2n) is 3.99. The maximum absolute atomic E-state index is 11.2. The fourth-order valence-electron chi connectivity index (χ4n) is 1.66. The van der Waals surface area contributed by atoms with E-state index in [0.29, 0.717) is 22.1 Å². The van der Waals surface area contributed by atoms with Crippen LogP contribution in [0.5, 0.6) is 0 Å². The fraction of sp³-hybridized carbons (Fsp3) is 0.182. The Kier molecular flexibility index (Phi) is 5.22. The van der Waals surface area contributed by atoms with Crippen molar-refractivity contribution in [3.05, 3.63) is 39.7 Å². The molecule has 9 heteroatoms. The summed E-state index contributed by atoms with van der Waals surface area (Å²) in [6.07, 6.45) is 0. The van der Waals surface area contributed by atoms with Crippen LogP contribution in [-0.2, 0) is 10.3 Å². The zero-order chi connectivity index (χ0) is 14.2. The molecule has 0 atom stereocenters. The van der Waals surface area contributed by atoms with Gasteiger partial charge in [-0.05, 0) is 37.1 Å². The van der Waals surface area contributed by atoms with Crippen LogP contribution in [0.4, 0.5) is 5.69 Å². The Morgan fingerprint density at radius 3 is 2.40 bits per heavy atom. The van der Waals surface area contributed by atoms with Crippen LogP contribution < -0.4 is 35.2 Å². The molecule has 0 N–H and O–H groups in total. The van der Waals surface area contributed by atoms with Crippen molar-refractivity contribution in [3.8, 4) is 0 Å². The van der Waals surface area contributed by atoms with Gasteiger partial charge >= 0.3 is 35.2 Å². The summed E-state index contributed by atoms with van der Waals surface area (Å²) in [4.78, 5) is 11.2. The first-order valence-corrected chi connectivity index (χ1v) is 6.57. The van der Waals surface area contributed by atoms with Gasteiger partial charge in [0.2, 0.25) is 10.3 Å². The molecule has 7 nitrogen and oxygen atoms in total. The van der Waals surface area contributed by atoms with Gasteiger partial charge < -0.3 is 8.97 Å². The standard InChI is InChI=1S/C11H10N2O5S.Na/c1-6-4-11(14)18-10-3-7(2)9(5-8(6)10)12-13-19(15,16)17;/h3-5H,1-2H3,(H,15,16,17);/q;+1/p-1. The maximum Gasteiger partial charge on any atom is 1.00 e. The van der Waals surface area contributed by atoms with Crippen molar-refractivity contribution >= 4 is 27.0 Å². The molecule has 1 aromatic carbocycles. The number of rotatable bonds is 2. The number of hydrogen-bond acceptors (Lipinski definition) is 6. The zero-order valence-electron chi connectivity index (χ0n) is 11.1. The van der Waals surface area contributed by atoms with Crippen molar-refractivity contribution in [2.24, 2.45) is 9.63 Å². The molecule has 0 amide bonds. The molecule has 0 bridgehead atoms. The van der Waals surface area contributed by atoms with Crippen LogP contribution >= 0.6 is 0 Å². The summed E-state index contributed by atoms with van der Waals surface area (Å²) < 4.78 is 39.0. The van der Waals surface area contributed by atoms with Gasteiger partial charge in [0, 0.05) is 11.5 Å². The second kappa shape index (κ2) is 6.15. The SMILES string of the molecule is Cc1cc2oc(=O)cc(C)c2cc1N=NS(=O)(=O)[O-].[Na+]. The summed E-state index contributed by atoms with van der Waals surface area (Å²) in [7, 11) is -4.77. The molecule has 0 fully saturated rings. The summed E-state index contributed by atoms with van der Waals surface area (Å²) >= 11 is 0. The third-order valence-corrected chi connectivity index (χ3v) is 2.80. The molecule has 1 heterocycles. The van der Waals surface area contributed by atoms with E-state index in [1.165, 1.54) is 18.2 Å². The van der Waals surface area contributed by atoms with Gasteiger partial charge in [-0.2, -0.15) is 0 Å². The molecule has 20 heavy (non-hydrogen) atoms. The number of hydrogen-bond donors (Lipinski definition) is 0. The van der Waals surface area contributed by atoms with Crippen molar-refractivity contribution < 1.29 is 46.9 Å². The first-order valence-electron chi connectivity index (χ1n) is 5.20. The van der Waals surface area contributed by atoms with E-state index in [0.717, 1.165) is 0 Å². The van der Waals surface area contributed by atoms with Crippen molar-refractivity contribution in [3.63, 3.8) is 0 Å².